The van der Waals surface area contributed by atoms with E-state index < -0.39 is 0 Å². The number of nitrogens with zero attached hydrogens (tertiary/aromatic N) is 4. The highest BCUT2D eigenvalue weighted by molar-refractivity contribution is 6.34. The maximum atomic E-state index is 12.6. The number of halogens is 2. The molecule has 138 valence electrons. The van der Waals surface area contributed by atoms with Gasteiger partial charge in [-0.1, -0.05) is 29.8 Å². The molecule has 1 aromatic carbocycles. The van der Waals surface area contributed by atoms with Crippen LogP contribution in [-0.4, -0.2) is 51.8 Å². The van der Waals surface area contributed by atoms with Gasteiger partial charge in [-0.2, -0.15) is 4.68 Å². The minimum absolute atomic E-state index is 0.120. The molecule has 26 heavy (non-hydrogen) atoms. The molecule has 0 atom stereocenters. The van der Waals surface area contributed by atoms with E-state index in [0.717, 1.165) is 30.9 Å². The Kier molecular flexibility index (Phi) is 5.86. The van der Waals surface area contributed by atoms with Crippen molar-refractivity contribution >= 4 is 35.1 Å². The Morgan fingerprint density at radius 3 is 2.46 bits per heavy atom. The summed E-state index contributed by atoms with van der Waals surface area (Å²) in [5.41, 5.74) is 1.85. The molecule has 0 aliphatic carbocycles. The van der Waals surface area contributed by atoms with E-state index >= 15 is 0 Å². The number of allylic oxidation sites excluding steroid dienone is 1. The lowest BCUT2D eigenvalue weighted by Gasteiger charge is -2.34. The minimum Gasteiger partial charge on any atom is -0.343 e. The average Bonchev–Trinajstić information content (AvgIpc) is 3.01. The van der Waals surface area contributed by atoms with Crippen molar-refractivity contribution in [1.29, 1.82) is 0 Å². The Bertz CT molecular complexity index is 791. The molecule has 1 aromatic heterocycles. The van der Waals surface area contributed by atoms with E-state index in [4.69, 9.17) is 23.2 Å². The summed E-state index contributed by atoms with van der Waals surface area (Å²) in [7, 11) is 0. The molecular formula is C18H21Cl2N5O. The number of benzene rings is 1. The molecule has 1 saturated heterocycles. The fraction of sp³-hybridized carbons (Fsp3) is 0.333. The average molecular weight is 394 g/mol. The third kappa shape index (κ3) is 4.78. The Morgan fingerprint density at radius 1 is 1.19 bits per heavy atom. The van der Waals surface area contributed by atoms with Gasteiger partial charge in [0.05, 0.1) is 0 Å². The number of nitrogens with one attached hydrogen (secondary N) is 1. The second kappa shape index (κ2) is 8.12. The quantitative estimate of drug-likeness (QED) is 0.854. The SMILES string of the molecule is C=C(C)Nc1ccn(C(=O)N2CCN(Cc3cc(Cl)cc(Cl)c3)CC2)n1. The molecule has 6 nitrogen and oxygen atoms in total. The van der Waals surface area contributed by atoms with Gasteiger partial charge in [-0.15, -0.1) is 5.10 Å². The zero-order chi connectivity index (χ0) is 18.7. The van der Waals surface area contributed by atoms with Gasteiger partial charge < -0.3 is 10.2 Å². The first kappa shape index (κ1) is 18.8. The summed E-state index contributed by atoms with van der Waals surface area (Å²) in [6, 6.07) is 7.20. The fourth-order valence-corrected chi connectivity index (χ4v) is 3.49. The molecule has 0 bridgehead atoms. The van der Waals surface area contributed by atoms with Gasteiger partial charge in [0.1, 0.15) is 0 Å². The molecule has 0 spiro atoms. The molecule has 0 saturated carbocycles. The molecule has 3 rings (SSSR count). The standard InChI is InChI=1S/C18H21Cl2N5O/c1-13(2)21-17-3-4-25(22-17)18(26)24-7-5-23(6-8-24)12-14-9-15(19)11-16(20)10-14/h3-4,9-11H,1,5-8,12H2,2H3,(H,21,22). The predicted octanol–water partition coefficient (Wildman–Crippen LogP) is 3.92. The summed E-state index contributed by atoms with van der Waals surface area (Å²) in [4.78, 5) is 16.7. The highest BCUT2D eigenvalue weighted by atomic mass is 35.5. The van der Waals surface area contributed by atoms with E-state index in [-0.39, 0.29) is 6.03 Å². The lowest BCUT2D eigenvalue weighted by molar-refractivity contribution is 0.134. The lowest BCUT2D eigenvalue weighted by Crippen LogP contribution is -2.49. The number of piperazine rings is 1. The summed E-state index contributed by atoms with van der Waals surface area (Å²) < 4.78 is 1.36. The molecule has 1 amide bonds. The van der Waals surface area contributed by atoms with E-state index in [1.54, 1.807) is 23.2 Å². The zero-order valence-corrected chi connectivity index (χ0v) is 16.1. The van der Waals surface area contributed by atoms with Crippen molar-refractivity contribution in [2.24, 2.45) is 0 Å². The van der Waals surface area contributed by atoms with Crippen molar-refractivity contribution < 1.29 is 4.79 Å². The van der Waals surface area contributed by atoms with E-state index in [2.05, 4.69) is 21.9 Å². The molecule has 1 aliphatic rings. The Balaban J connectivity index is 1.55. The minimum atomic E-state index is -0.120. The van der Waals surface area contributed by atoms with E-state index in [1.807, 2.05) is 19.1 Å². The Labute approximate surface area is 163 Å². The summed E-state index contributed by atoms with van der Waals surface area (Å²) >= 11 is 12.1. The molecule has 2 aromatic rings. The highest BCUT2D eigenvalue weighted by Crippen LogP contribution is 2.20. The molecule has 0 unspecified atom stereocenters. The van der Waals surface area contributed by atoms with Crippen LogP contribution in [0, 0.1) is 0 Å². The number of amides is 1. The largest absolute Gasteiger partial charge is 0.344 e. The maximum Gasteiger partial charge on any atom is 0.344 e. The van der Waals surface area contributed by atoms with Crippen LogP contribution in [0.3, 0.4) is 0 Å². The van der Waals surface area contributed by atoms with E-state index in [1.165, 1.54) is 4.68 Å². The summed E-state index contributed by atoms with van der Waals surface area (Å²) in [6.07, 6.45) is 1.66. The molecule has 2 heterocycles. The number of anilines is 1. The van der Waals surface area contributed by atoms with Crippen LogP contribution in [0.5, 0.6) is 0 Å². The number of rotatable bonds is 4. The first-order chi connectivity index (χ1) is 12.4. The Hall–Kier alpha value is -2.02. The monoisotopic (exact) mass is 393 g/mol. The number of hydrogen-bond donors (Lipinski definition) is 1. The van der Waals surface area contributed by atoms with Crippen LogP contribution < -0.4 is 5.32 Å². The lowest BCUT2D eigenvalue weighted by atomic mass is 10.2. The van der Waals surface area contributed by atoms with E-state index in [9.17, 15) is 4.79 Å². The van der Waals surface area contributed by atoms with Crippen molar-refractivity contribution in [1.82, 2.24) is 19.6 Å². The number of carbonyl (C=O) groups excluding carboxylic acids is 1. The molecule has 0 radical (unpaired) electrons. The zero-order valence-electron chi connectivity index (χ0n) is 14.6. The van der Waals surface area contributed by atoms with E-state index in [0.29, 0.717) is 29.0 Å². The third-order valence-electron chi connectivity index (χ3n) is 4.10. The van der Waals surface area contributed by atoms with Crippen LogP contribution in [0.4, 0.5) is 10.6 Å². The second-order valence-corrected chi connectivity index (χ2v) is 7.25. The number of aromatic nitrogens is 2. The highest BCUT2D eigenvalue weighted by Gasteiger charge is 2.23. The Morgan fingerprint density at radius 2 is 1.85 bits per heavy atom. The van der Waals surface area contributed by atoms with Gasteiger partial charge >= 0.3 is 6.03 Å². The van der Waals surface area contributed by atoms with Gasteiger partial charge in [0, 0.05) is 60.7 Å². The number of hydrogen-bond acceptors (Lipinski definition) is 4. The molecule has 1 aliphatic heterocycles. The predicted molar refractivity (Wildman–Crippen MR) is 105 cm³/mol. The van der Waals surface area contributed by atoms with Crippen LogP contribution >= 0.6 is 23.2 Å². The summed E-state index contributed by atoms with van der Waals surface area (Å²) in [5.74, 6) is 0.613. The molecular weight excluding hydrogens is 373 g/mol. The van der Waals surface area contributed by atoms with Gasteiger partial charge in [-0.25, -0.2) is 4.79 Å². The maximum absolute atomic E-state index is 12.6. The van der Waals surface area contributed by atoms with Crippen molar-refractivity contribution in [3.05, 3.63) is 58.3 Å². The molecule has 1 N–H and O–H groups in total. The normalized spacial score (nSPS) is 15.1. The van der Waals surface area contributed by atoms with Crippen molar-refractivity contribution in [3.63, 3.8) is 0 Å². The van der Waals surface area contributed by atoms with Crippen molar-refractivity contribution in [2.45, 2.75) is 13.5 Å². The molecule has 1 fully saturated rings. The first-order valence-electron chi connectivity index (χ1n) is 8.35. The topological polar surface area (TPSA) is 53.4 Å². The summed E-state index contributed by atoms with van der Waals surface area (Å²) in [5, 5.41) is 8.52. The van der Waals surface area contributed by atoms with Crippen LogP contribution in [-0.2, 0) is 6.54 Å². The van der Waals surface area contributed by atoms with Gasteiger partial charge in [-0.05, 0) is 30.7 Å². The van der Waals surface area contributed by atoms with Crippen LogP contribution in [0.25, 0.3) is 0 Å². The van der Waals surface area contributed by atoms with Gasteiger partial charge in [0.2, 0.25) is 0 Å². The van der Waals surface area contributed by atoms with Crippen molar-refractivity contribution in [2.75, 3.05) is 31.5 Å². The first-order valence-corrected chi connectivity index (χ1v) is 9.11. The van der Waals surface area contributed by atoms with Crippen LogP contribution in [0.15, 0.2) is 42.7 Å². The third-order valence-corrected chi connectivity index (χ3v) is 4.53. The van der Waals surface area contributed by atoms with Gasteiger partial charge in [0.15, 0.2) is 5.82 Å². The second-order valence-electron chi connectivity index (χ2n) is 6.37. The van der Waals surface area contributed by atoms with Crippen molar-refractivity contribution in [3.8, 4) is 0 Å². The smallest absolute Gasteiger partial charge is 0.343 e. The summed E-state index contributed by atoms with van der Waals surface area (Å²) in [6.45, 7) is 9.24. The fourth-order valence-electron chi connectivity index (χ4n) is 2.92. The van der Waals surface area contributed by atoms with Gasteiger partial charge in [-0.3, -0.25) is 4.90 Å². The van der Waals surface area contributed by atoms with Gasteiger partial charge in [0.25, 0.3) is 0 Å². The number of carbonyl (C=O) groups is 1. The van der Waals surface area contributed by atoms with Crippen LogP contribution in [0.2, 0.25) is 10.0 Å². The molecule has 8 heteroatoms. The van der Waals surface area contributed by atoms with Crippen LogP contribution in [0.1, 0.15) is 12.5 Å².